The highest BCUT2D eigenvalue weighted by Gasteiger charge is 2.32. The molecule has 0 radical (unpaired) electrons. The van der Waals surface area contributed by atoms with E-state index in [1.807, 2.05) is 20.8 Å². The Morgan fingerprint density at radius 1 is 1.18 bits per heavy atom. The van der Waals surface area contributed by atoms with E-state index in [2.05, 4.69) is 5.32 Å². The molecule has 1 saturated heterocycles. The molecule has 1 aromatic rings. The number of ether oxygens (including phenoxy) is 1. The fourth-order valence-corrected chi connectivity index (χ4v) is 2.92. The summed E-state index contributed by atoms with van der Waals surface area (Å²) < 4.78 is 5.35. The minimum Gasteiger partial charge on any atom is -0.494 e. The van der Waals surface area contributed by atoms with E-state index in [4.69, 9.17) is 4.74 Å². The molecule has 2 rings (SSSR count). The standard InChI is InChI=1S/C17H24N2O3/c1-4-22-15-10-8-14(9-11-15)18-16(20)17(21)19-12(2)6-5-7-13(19)3/h8-13H,4-7H2,1-3H3,(H,18,20). The molecule has 1 aromatic carbocycles. The average molecular weight is 304 g/mol. The maximum absolute atomic E-state index is 12.4. The first-order valence-electron chi connectivity index (χ1n) is 7.89. The Bertz CT molecular complexity index is 517. The molecule has 5 nitrogen and oxygen atoms in total. The Balaban J connectivity index is 2.00. The van der Waals surface area contributed by atoms with Gasteiger partial charge in [0.25, 0.3) is 0 Å². The number of carbonyl (C=O) groups excluding carboxylic acids is 2. The first-order valence-corrected chi connectivity index (χ1v) is 7.89. The number of likely N-dealkylation sites (tertiary alicyclic amines) is 1. The maximum Gasteiger partial charge on any atom is 0.313 e. The van der Waals surface area contributed by atoms with Gasteiger partial charge in [-0.3, -0.25) is 9.59 Å². The summed E-state index contributed by atoms with van der Waals surface area (Å²) in [6, 6.07) is 7.24. The zero-order valence-electron chi connectivity index (χ0n) is 13.5. The Morgan fingerprint density at radius 2 is 1.77 bits per heavy atom. The number of amides is 2. The highest BCUT2D eigenvalue weighted by Crippen LogP contribution is 2.23. The highest BCUT2D eigenvalue weighted by atomic mass is 16.5. The molecule has 0 bridgehead atoms. The third-order valence-corrected chi connectivity index (χ3v) is 4.05. The van der Waals surface area contributed by atoms with E-state index in [9.17, 15) is 9.59 Å². The molecule has 1 heterocycles. The van der Waals surface area contributed by atoms with Crippen molar-refractivity contribution in [2.75, 3.05) is 11.9 Å². The van der Waals surface area contributed by atoms with E-state index in [0.29, 0.717) is 12.3 Å². The van der Waals surface area contributed by atoms with E-state index in [0.717, 1.165) is 25.0 Å². The molecule has 1 aliphatic rings. The molecule has 2 amide bonds. The summed E-state index contributed by atoms with van der Waals surface area (Å²) >= 11 is 0. The van der Waals surface area contributed by atoms with E-state index in [1.165, 1.54) is 0 Å². The summed E-state index contributed by atoms with van der Waals surface area (Å²) in [7, 11) is 0. The van der Waals surface area contributed by atoms with E-state index in [1.54, 1.807) is 29.2 Å². The van der Waals surface area contributed by atoms with E-state index >= 15 is 0 Å². The summed E-state index contributed by atoms with van der Waals surface area (Å²) in [5.41, 5.74) is 0.596. The van der Waals surface area contributed by atoms with Gasteiger partial charge in [0.1, 0.15) is 5.75 Å². The fourth-order valence-electron chi connectivity index (χ4n) is 2.92. The van der Waals surface area contributed by atoms with Crippen molar-refractivity contribution in [3.8, 4) is 5.75 Å². The molecule has 2 atom stereocenters. The molecule has 22 heavy (non-hydrogen) atoms. The van der Waals surface area contributed by atoms with Crippen molar-refractivity contribution in [3.63, 3.8) is 0 Å². The predicted molar refractivity (Wildman–Crippen MR) is 85.9 cm³/mol. The number of nitrogens with zero attached hydrogens (tertiary/aromatic N) is 1. The summed E-state index contributed by atoms with van der Waals surface area (Å²) in [4.78, 5) is 26.3. The lowest BCUT2D eigenvalue weighted by atomic mass is 9.97. The molecule has 5 heteroatoms. The minimum atomic E-state index is -0.579. The zero-order chi connectivity index (χ0) is 16.1. The van der Waals surface area contributed by atoms with Crippen LogP contribution < -0.4 is 10.1 Å². The van der Waals surface area contributed by atoms with Gasteiger partial charge in [0, 0.05) is 17.8 Å². The minimum absolute atomic E-state index is 0.113. The number of carbonyl (C=O) groups is 2. The lowest BCUT2D eigenvalue weighted by Gasteiger charge is -2.38. The lowest BCUT2D eigenvalue weighted by Crippen LogP contribution is -2.51. The van der Waals surface area contributed by atoms with Gasteiger partial charge in [0.2, 0.25) is 0 Å². The maximum atomic E-state index is 12.4. The van der Waals surface area contributed by atoms with Gasteiger partial charge in [-0.25, -0.2) is 0 Å². The van der Waals surface area contributed by atoms with Crippen molar-refractivity contribution in [3.05, 3.63) is 24.3 Å². The number of rotatable bonds is 3. The van der Waals surface area contributed by atoms with Crippen molar-refractivity contribution in [2.45, 2.75) is 52.1 Å². The van der Waals surface area contributed by atoms with Gasteiger partial charge < -0.3 is 15.0 Å². The Labute approximate surface area is 131 Å². The second kappa shape index (κ2) is 7.29. The molecule has 1 fully saturated rings. The summed E-state index contributed by atoms with van der Waals surface area (Å²) in [6.07, 6.45) is 3.01. The number of nitrogens with one attached hydrogen (secondary N) is 1. The van der Waals surface area contributed by atoms with Crippen LogP contribution in [0, 0.1) is 0 Å². The second-order valence-corrected chi connectivity index (χ2v) is 5.75. The van der Waals surface area contributed by atoms with Gasteiger partial charge in [0.15, 0.2) is 0 Å². The third-order valence-electron chi connectivity index (χ3n) is 4.05. The quantitative estimate of drug-likeness (QED) is 0.874. The van der Waals surface area contributed by atoms with Gasteiger partial charge >= 0.3 is 11.8 Å². The fraction of sp³-hybridized carbons (Fsp3) is 0.529. The van der Waals surface area contributed by atoms with Crippen LogP contribution in [0.1, 0.15) is 40.0 Å². The Kier molecular flexibility index (Phi) is 5.41. The summed E-state index contributed by atoms with van der Waals surface area (Å²) in [6.45, 7) is 6.50. The molecule has 120 valence electrons. The lowest BCUT2D eigenvalue weighted by molar-refractivity contribution is -0.147. The Morgan fingerprint density at radius 3 is 2.32 bits per heavy atom. The first kappa shape index (κ1) is 16.3. The molecule has 0 spiro atoms. The molecule has 0 aliphatic carbocycles. The highest BCUT2D eigenvalue weighted by molar-refractivity contribution is 6.39. The van der Waals surface area contributed by atoms with Crippen LogP contribution in [0.25, 0.3) is 0 Å². The molecule has 0 aromatic heterocycles. The Hall–Kier alpha value is -2.04. The van der Waals surface area contributed by atoms with Crippen molar-refractivity contribution in [1.82, 2.24) is 4.90 Å². The number of anilines is 1. The number of hydrogen-bond acceptors (Lipinski definition) is 3. The van der Waals surface area contributed by atoms with Crippen LogP contribution in [0.4, 0.5) is 5.69 Å². The van der Waals surface area contributed by atoms with Crippen LogP contribution in [0.2, 0.25) is 0 Å². The van der Waals surface area contributed by atoms with Gasteiger partial charge in [-0.15, -0.1) is 0 Å². The predicted octanol–water partition coefficient (Wildman–Crippen LogP) is 2.81. The largest absolute Gasteiger partial charge is 0.494 e. The monoisotopic (exact) mass is 304 g/mol. The van der Waals surface area contributed by atoms with Gasteiger partial charge in [-0.2, -0.15) is 0 Å². The first-order chi connectivity index (χ1) is 10.5. The summed E-state index contributed by atoms with van der Waals surface area (Å²) in [5, 5.41) is 2.66. The molecular weight excluding hydrogens is 280 g/mol. The van der Waals surface area contributed by atoms with Crippen LogP contribution in [0.15, 0.2) is 24.3 Å². The van der Waals surface area contributed by atoms with Crippen LogP contribution in [0.5, 0.6) is 5.75 Å². The topological polar surface area (TPSA) is 58.6 Å². The molecule has 1 N–H and O–H groups in total. The van der Waals surface area contributed by atoms with Crippen molar-refractivity contribution >= 4 is 17.5 Å². The normalized spacial score (nSPS) is 21.3. The van der Waals surface area contributed by atoms with Crippen molar-refractivity contribution < 1.29 is 14.3 Å². The third kappa shape index (κ3) is 3.78. The average Bonchev–Trinajstić information content (AvgIpc) is 2.49. The van der Waals surface area contributed by atoms with Gasteiger partial charge in [-0.05, 0) is 64.3 Å². The zero-order valence-corrected chi connectivity index (χ0v) is 13.5. The smallest absolute Gasteiger partial charge is 0.313 e. The molecule has 1 aliphatic heterocycles. The van der Waals surface area contributed by atoms with Crippen LogP contribution in [-0.4, -0.2) is 35.4 Å². The molecule has 2 unspecified atom stereocenters. The van der Waals surface area contributed by atoms with Crippen LogP contribution >= 0.6 is 0 Å². The number of piperidine rings is 1. The van der Waals surface area contributed by atoms with Gasteiger partial charge in [0.05, 0.1) is 6.61 Å². The SMILES string of the molecule is CCOc1ccc(NC(=O)C(=O)N2C(C)CCCC2C)cc1. The second-order valence-electron chi connectivity index (χ2n) is 5.75. The van der Waals surface area contributed by atoms with Gasteiger partial charge in [-0.1, -0.05) is 0 Å². The van der Waals surface area contributed by atoms with Crippen molar-refractivity contribution in [1.29, 1.82) is 0 Å². The van der Waals surface area contributed by atoms with E-state index < -0.39 is 11.8 Å². The summed E-state index contributed by atoms with van der Waals surface area (Å²) in [5.74, 6) is -0.288. The molecule has 0 saturated carbocycles. The number of benzene rings is 1. The van der Waals surface area contributed by atoms with Crippen molar-refractivity contribution in [2.24, 2.45) is 0 Å². The number of hydrogen-bond donors (Lipinski definition) is 1. The van der Waals surface area contributed by atoms with E-state index in [-0.39, 0.29) is 12.1 Å². The van der Waals surface area contributed by atoms with Crippen LogP contribution in [-0.2, 0) is 9.59 Å². The molecular formula is C17H24N2O3. The van der Waals surface area contributed by atoms with Crippen LogP contribution in [0.3, 0.4) is 0 Å².